The van der Waals surface area contributed by atoms with Gasteiger partial charge in [0.05, 0.1) is 10.6 Å². The number of amides is 2. The number of nitrogens with zero attached hydrogens (tertiary/aromatic N) is 2. The molecule has 4 aromatic carbocycles. The minimum Gasteiger partial charge on any atom is -0.352 e. The molecule has 0 aromatic heterocycles. The van der Waals surface area contributed by atoms with Gasteiger partial charge in [0.15, 0.2) is 0 Å². The molecular weight excluding hydrogens is 619 g/mol. The summed E-state index contributed by atoms with van der Waals surface area (Å²) in [5, 5.41) is 3.27. The summed E-state index contributed by atoms with van der Waals surface area (Å²) in [5.74, 6) is -0.414. The third kappa shape index (κ3) is 8.72. The van der Waals surface area contributed by atoms with Crippen molar-refractivity contribution in [2.24, 2.45) is 0 Å². The van der Waals surface area contributed by atoms with Crippen LogP contribution in [0.15, 0.2) is 114 Å². The Kier molecular flexibility index (Phi) is 11.7. The molecule has 0 saturated heterocycles. The molecule has 4 aromatic rings. The largest absolute Gasteiger partial charge is 0.352 e. The minimum atomic E-state index is -4.14. The number of sulfonamides is 1. The van der Waals surface area contributed by atoms with E-state index in [-0.39, 0.29) is 29.3 Å². The molecule has 1 N–H and O–H groups in total. The van der Waals surface area contributed by atoms with Gasteiger partial charge in [-0.1, -0.05) is 118 Å². The Balaban J connectivity index is 1.57. The summed E-state index contributed by atoms with van der Waals surface area (Å²) in [6.45, 7) is 5.82. The lowest BCUT2D eigenvalue weighted by Crippen LogP contribution is -2.55. The van der Waals surface area contributed by atoms with Crippen LogP contribution in [0, 0.1) is 6.92 Å². The third-order valence-corrected chi connectivity index (χ3v) is 11.1. The fourth-order valence-corrected chi connectivity index (χ4v) is 7.78. The Morgan fingerprint density at radius 3 is 2.02 bits per heavy atom. The Morgan fingerprint density at radius 2 is 1.40 bits per heavy atom. The second-order valence-electron chi connectivity index (χ2n) is 13.1. The molecule has 1 fully saturated rings. The highest BCUT2D eigenvalue weighted by molar-refractivity contribution is 7.92. The van der Waals surface area contributed by atoms with E-state index in [0.29, 0.717) is 12.1 Å². The summed E-state index contributed by atoms with van der Waals surface area (Å²) in [6.07, 6.45) is 5.38. The first-order valence-electron chi connectivity index (χ1n) is 17.0. The van der Waals surface area contributed by atoms with Crippen LogP contribution in [0.4, 0.5) is 5.69 Å². The van der Waals surface area contributed by atoms with Gasteiger partial charge in [0, 0.05) is 19.0 Å². The molecule has 0 spiro atoms. The van der Waals surface area contributed by atoms with Gasteiger partial charge in [0.1, 0.15) is 12.6 Å². The van der Waals surface area contributed by atoms with Crippen LogP contribution in [0.2, 0.25) is 0 Å². The number of rotatable bonds is 13. The van der Waals surface area contributed by atoms with Crippen LogP contribution in [0.3, 0.4) is 0 Å². The number of aryl methyl sites for hydroxylation is 1. The van der Waals surface area contributed by atoms with Crippen molar-refractivity contribution in [3.05, 3.63) is 131 Å². The summed E-state index contributed by atoms with van der Waals surface area (Å²) in [7, 11) is -4.14. The van der Waals surface area contributed by atoms with Gasteiger partial charge < -0.3 is 10.2 Å². The molecule has 7 nitrogen and oxygen atoms in total. The zero-order chi connectivity index (χ0) is 34.1. The van der Waals surface area contributed by atoms with Crippen molar-refractivity contribution >= 4 is 27.5 Å². The van der Waals surface area contributed by atoms with Crippen molar-refractivity contribution in [3.63, 3.8) is 0 Å². The highest BCUT2D eigenvalue weighted by atomic mass is 32.2. The smallest absolute Gasteiger partial charge is 0.264 e. The Labute approximate surface area is 286 Å². The molecule has 1 aliphatic carbocycles. The Bertz CT molecular complexity index is 1750. The van der Waals surface area contributed by atoms with Gasteiger partial charge in [-0.25, -0.2) is 8.42 Å². The molecule has 2 amide bonds. The Morgan fingerprint density at radius 1 is 0.792 bits per heavy atom. The molecule has 0 radical (unpaired) electrons. The first kappa shape index (κ1) is 34.9. The molecule has 252 valence electrons. The van der Waals surface area contributed by atoms with E-state index in [4.69, 9.17) is 0 Å². The molecule has 1 aliphatic rings. The first-order chi connectivity index (χ1) is 23.1. The zero-order valence-corrected chi connectivity index (χ0v) is 29.0. The highest BCUT2D eigenvalue weighted by Crippen LogP contribution is 2.27. The number of hydrogen-bond donors (Lipinski definition) is 1. The average Bonchev–Trinajstić information content (AvgIpc) is 3.10. The third-order valence-electron chi connectivity index (χ3n) is 9.28. The van der Waals surface area contributed by atoms with E-state index in [9.17, 15) is 18.0 Å². The SMILES string of the molecule is Cc1ccccc1CN(C(=O)CN(c1ccc(C(C)C)cc1)S(=O)(=O)c1ccccc1)C(Cc1ccccc1)C(=O)NC1CCCCC1. The number of benzene rings is 4. The molecule has 1 atom stereocenters. The predicted octanol–water partition coefficient (Wildman–Crippen LogP) is 7.40. The molecule has 0 aliphatic heterocycles. The van der Waals surface area contributed by atoms with Crippen molar-refractivity contribution in [2.75, 3.05) is 10.8 Å². The molecule has 1 unspecified atom stereocenters. The second-order valence-corrected chi connectivity index (χ2v) is 14.9. The molecule has 5 rings (SSSR count). The molecule has 0 heterocycles. The topological polar surface area (TPSA) is 86.8 Å². The van der Waals surface area contributed by atoms with Gasteiger partial charge in [-0.3, -0.25) is 13.9 Å². The molecular formula is C40H47N3O4S. The van der Waals surface area contributed by atoms with E-state index in [1.807, 2.05) is 73.7 Å². The fourth-order valence-electron chi connectivity index (χ4n) is 6.34. The maximum Gasteiger partial charge on any atom is 0.264 e. The number of carbonyl (C=O) groups excluding carboxylic acids is 2. The van der Waals surface area contributed by atoms with Gasteiger partial charge in [0.25, 0.3) is 10.0 Å². The van der Waals surface area contributed by atoms with Gasteiger partial charge in [-0.05, 0) is 72.2 Å². The van der Waals surface area contributed by atoms with Gasteiger partial charge in [-0.15, -0.1) is 0 Å². The summed E-state index contributed by atoms with van der Waals surface area (Å²) in [5.41, 5.74) is 4.25. The van der Waals surface area contributed by atoms with Gasteiger partial charge in [0.2, 0.25) is 11.8 Å². The molecule has 48 heavy (non-hydrogen) atoms. The second kappa shape index (κ2) is 16.1. The molecule has 1 saturated carbocycles. The molecule has 8 heteroatoms. The fraction of sp³-hybridized carbons (Fsp3) is 0.350. The number of anilines is 1. The van der Waals surface area contributed by atoms with E-state index < -0.39 is 28.5 Å². The predicted molar refractivity (Wildman–Crippen MR) is 192 cm³/mol. The lowest BCUT2D eigenvalue weighted by Gasteiger charge is -2.35. The van der Waals surface area contributed by atoms with E-state index in [0.717, 1.165) is 54.4 Å². The van der Waals surface area contributed by atoms with Crippen molar-refractivity contribution < 1.29 is 18.0 Å². The van der Waals surface area contributed by atoms with Crippen LogP contribution < -0.4 is 9.62 Å². The van der Waals surface area contributed by atoms with Crippen LogP contribution in [0.5, 0.6) is 0 Å². The van der Waals surface area contributed by atoms with Crippen LogP contribution in [-0.2, 0) is 32.6 Å². The van der Waals surface area contributed by atoms with Gasteiger partial charge >= 0.3 is 0 Å². The Hall–Kier alpha value is -4.43. The number of carbonyl (C=O) groups is 2. The maximum absolute atomic E-state index is 14.8. The molecule has 0 bridgehead atoms. The van der Waals surface area contributed by atoms with Gasteiger partial charge in [-0.2, -0.15) is 0 Å². The zero-order valence-electron chi connectivity index (χ0n) is 28.2. The summed E-state index contributed by atoms with van der Waals surface area (Å²) in [4.78, 5) is 30.7. The average molecular weight is 666 g/mol. The lowest BCUT2D eigenvalue weighted by molar-refractivity contribution is -0.140. The summed E-state index contributed by atoms with van der Waals surface area (Å²) >= 11 is 0. The van der Waals surface area contributed by atoms with Crippen LogP contribution in [0.25, 0.3) is 0 Å². The van der Waals surface area contributed by atoms with Crippen LogP contribution in [-0.4, -0.2) is 43.8 Å². The summed E-state index contributed by atoms with van der Waals surface area (Å²) < 4.78 is 29.7. The van der Waals surface area contributed by atoms with E-state index in [2.05, 4.69) is 19.2 Å². The maximum atomic E-state index is 14.8. The summed E-state index contributed by atoms with van der Waals surface area (Å²) in [6, 6.07) is 32.2. The normalized spacial score (nSPS) is 14.3. The standard InChI is InChI=1S/C40H47N3O4S/c1-30(2)33-23-25-36(26-24-33)43(48(46,47)37-21-11-6-12-22-37)29-39(44)42(28-34-18-14-13-15-31(34)3)38(27-32-16-7-4-8-17-32)40(45)41-35-19-9-5-10-20-35/h4,6-8,11-18,21-26,30,35,38H,5,9-10,19-20,27-29H2,1-3H3,(H,41,45). The van der Waals surface area contributed by atoms with Crippen molar-refractivity contribution in [1.29, 1.82) is 0 Å². The number of nitrogens with one attached hydrogen (secondary N) is 1. The van der Waals surface area contributed by atoms with E-state index >= 15 is 0 Å². The van der Waals surface area contributed by atoms with Crippen molar-refractivity contribution in [3.8, 4) is 0 Å². The quantitative estimate of drug-likeness (QED) is 0.161. The monoisotopic (exact) mass is 665 g/mol. The highest BCUT2D eigenvalue weighted by Gasteiger charge is 2.35. The van der Waals surface area contributed by atoms with E-state index in [1.165, 1.54) is 16.4 Å². The lowest BCUT2D eigenvalue weighted by atomic mass is 9.94. The van der Waals surface area contributed by atoms with E-state index in [1.54, 1.807) is 35.2 Å². The number of hydrogen-bond acceptors (Lipinski definition) is 4. The first-order valence-corrected chi connectivity index (χ1v) is 18.4. The van der Waals surface area contributed by atoms with Crippen molar-refractivity contribution in [2.45, 2.75) is 88.7 Å². The van der Waals surface area contributed by atoms with Crippen LogP contribution >= 0.6 is 0 Å². The minimum absolute atomic E-state index is 0.0503. The van der Waals surface area contributed by atoms with Crippen molar-refractivity contribution in [1.82, 2.24) is 10.2 Å². The van der Waals surface area contributed by atoms with Crippen LogP contribution in [0.1, 0.15) is 74.1 Å².